The fourth-order valence-corrected chi connectivity index (χ4v) is 2.90. The highest BCUT2D eigenvalue weighted by Gasteiger charge is 2.21. The summed E-state index contributed by atoms with van der Waals surface area (Å²) >= 11 is 0. The molecule has 1 atom stereocenters. The molecule has 0 saturated heterocycles. The lowest BCUT2D eigenvalue weighted by Crippen LogP contribution is -2.33. The number of hydrogen-bond donors (Lipinski definition) is 3. The Labute approximate surface area is 106 Å². The summed E-state index contributed by atoms with van der Waals surface area (Å²) in [5.41, 5.74) is 5.62. The first kappa shape index (κ1) is 14.9. The number of hydrogen-bond acceptors (Lipinski definition) is 4. The van der Waals surface area contributed by atoms with E-state index >= 15 is 0 Å². The molecule has 0 aliphatic carbocycles. The Morgan fingerprint density at radius 1 is 1.50 bits per heavy atom. The molecule has 1 rings (SSSR count). The zero-order valence-electron chi connectivity index (χ0n) is 10.1. The minimum absolute atomic E-state index is 0.0152. The average molecular weight is 276 g/mol. The molecule has 4 N–H and O–H groups in total. The van der Waals surface area contributed by atoms with Gasteiger partial charge < -0.3 is 10.8 Å². The van der Waals surface area contributed by atoms with Crippen LogP contribution >= 0.6 is 0 Å². The number of nitrogen functional groups attached to an aromatic ring is 1. The van der Waals surface area contributed by atoms with Crippen molar-refractivity contribution in [2.45, 2.75) is 30.7 Å². The maximum atomic E-state index is 13.5. The molecule has 0 bridgehead atoms. The van der Waals surface area contributed by atoms with Crippen molar-refractivity contribution in [2.75, 3.05) is 12.3 Å². The average Bonchev–Trinajstić information content (AvgIpc) is 2.29. The van der Waals surface area contributed by atoms with E-state index in [9.17, 15) is 12.8 Å². The Kier molecular flexibility index (Phi) is 5.06. The van der Waals surface area contributed by atoms with E-state index in [-0.39, 0.29) is 18.3 Å². The Morgan fingerprint density at radius 3 is 2.78 bits per heavy atom. The van der Waals surface area contributed by atoms with Crippen molar-refractivity contribution in [3.05, 3.63) is 24.0 Å². The summed E-state index contributed by atoms with van der Waals surface area (Å²) in [6, 6.07) is 3.01. The predicted molar refractivity (Wildman–Crippen MR) is 66.9 cm³/mol. The Balaban J connectivity index is 2.89. The second-order valence-electron chi connectivity index (χ2n) is 4.08. The Morgan fingerprint density at radius 2 is 2.17 bits per heavy atom. The van der Waals surface area contributed by atoms with Crippen LogP contribution in [0.1, 0.15) is 19.8 Å². The number of aliphatic hydroxyl groups is 1. The maximum absolute atomic E-state index is 13.5. The molecule has 0 saturated carbocycles. The maximum Gasteiger partial charge on any atom is 0.243 e. The first-order chi connectivity index (χ1) is 8.36. The van der Waals surface area contributed by atoms with Gasteiger partial charge in [-0.15, -0.1) is 0 Å². The summed E-state index contributed by atoms with van der Waals surface area (Å²) in [4.78, 5) is -0.460. The van der Waals surface area contributed by atoms with Crippen LogP contribution < -0.4 is 10.5 Å². The number of nitrogens with one attached hydrogen (secondary N) is 1. The molecule has 0 spiro atoms. The molecule has 0 heterocycles. The minimum Gasteiger partial charge on any atom is -0.399 e. The normalized spacial score (nSPS) is 13.5. The van der Waals surface area contributed by atoms with E-state index in [0.717, 1.165) is 12.1 Å². The van der Waals surface area contributed by atoms with Crippen LogP contribution in [0.4, 0.5) is 10.1 Å². The number of halogens is 1. The number of anilines is 1. The number of sulfonamides is 1. The molecule has 1 aromatic carbocycles. The summed E-state index contributed by atoms with van der Waals surface area (Å²) in [6.07, 6.45) is 0.947. The van der Waals surface area contributed by atoms with Gasteiger partial charge in [-0.2, -0.15) is 0 Å². The molecule has 18 heavy (non-hydrogen) atoms. The third-order valence-corrected chi connectivity index (χ3v) is 4.00. The summed E-state index contributed by atoms with van der Waals surface area (Å²) < 4.78 is 39.6. The van der Waals surface area contributed by atoms with Crippen molar-refractivity contribution in [3.8, 4) is 0 Å². The van der Waals surface area contributed by atoms with Crippen molar-refractivity contribution >= 4 is 15.7 Å². The van der Waals surface area contributed by atoms with Gasteiger partial charge in [0.25, 0.3) is 0 Å². The minimum atomic E-state index is -3.93. The summed E-state index contributed by atoms with van der Waals surface area (Å²) in [6.45, 7) is 1.64. The van der Waals surface area contributed by atoms with Gasteiger partial charge in [0.1, 0.15) is 10.7 Å². The zero-order valence-corrected chi connectivity index (χ0v) is 10.9. The smallest absolute Gasteiger partial charge is 0.243 e. The van der Waals surface area contributed by atoms with Crippen LogP contribution in [0, 0.1) is 5.82 Å². The topological polar surface area (TPSA) is 92.4 Å². The van der Waals surface area contributed by atoms with Gasteiger partial charge in [0.15, 0.2) is 0 Å². The van der Waals surface area contributed by atoms with Crippen LogP contribution in [0.3, 0.4) is 0 Å². The zero-order chi connectivity index (χ0) is 13.8. The van der Waals surface area contributed by atoms with Gasteiger partial charge in [-0.3, -0.25) is 0 Å². The van der Waals surface area contributed by atoms with E-state index in [1.54, 1.807) is 6.92 Å². The van der Waals surface area contributed by atoms with Crippen molar-refractivity contribution in [3.63, 3.8) is 0 Å². The van der Waals surface area contributed by atoms with Crippen LogP contribution in [0.2, 0.25) is 0 Å². The van der Waals surface area contributed by atoms with E-state index in [1.165, 1.54) is 6.07 Å². The second-order valence-corrected chi connectivity index (χ2v) is 5.76. The SMILES string of the molecule is CC(CCCO)NS(=O)(=O)c1cc(N)ccc1F. The Hall–Kier alpha value is -1.18. The van der Waals surface area contributed by atoms with Crippen LogP contribution in [-0.4, -0.2) is 26.2 Å². The van der Waals surface area contributed by atoms with Crippen molar-refractivity contribution < 1.29 is 17.9 Å². The van der Waals surface area contributed by atoms with E-state index in [1.807, 2.05) is 0 Å². The molecule has 1 aromatic rings. The standard InChI is InChI=1S/C11H17FN2O3S/c1-8(3-2-6-15)14-18(16,17)11-7-9(13)4-5-10(11)12/h4-5,7-8,14-15H,2-3,6,13H2,1H3. The van der Waals surface area contributed by atoms with Gasteiger partial charge in [-0.05, 0) is 38.0 Å². The van der Waals surface area contributed by atoms with E-state index in [4.69, 9.17) is 10.8 Å². The first-order valence-electron chi connectivity index (χ1n) is 5.55. The first-order valence-corrected chi connectivity index (χ1v) is 7.03. The number of nitrogens with two attached hydrogens (primary N) is 1. The highest BCUT2D eigenvalue weighted by molar-refractivity contribution is 7.89. The number of benzene rings is 1. The van der Waals surface area contributed by atoms with Crippen molar-refractivity contribution in [1.82, 2.24) is 4.72 Å². The van der Waals surface area contributed by atoms with Gasteiger partial charge >= 0.3 is 0 Å². The number of rotatable bonds is 6. The van der Waals surface area contributed by atoms with Crippen LogP contribution in [0.5, 0.6) is 0 Å². The molecule has 102 valence electrons. The van der Waals surface area contributed by atoms with E-state index in [0.29, 0.717) is 12.8 Å². The summed E-state index contributed by atoms with van der Waals surface area (Å²) in [5, 5.41) is 8.66. The molecule has 1 unspecified atom stereocenters. The van der Waals surface area contributed by atoms with Crippen LogP contribution in [0.15, 0.2) is 23.1 Å². The van der Waals surface area contributed by atoms with E-state index in [2.05, 4.69) is 4.72 Å². The molecule has 0 radical (unpaired) electrons. The lowest BCUT2D eigenvalue weighted by molar-refractivity contribution is 0.279. The molecule has 5 nitrogen and oxygen atoms in total. The van der Waals surface area contributed by atoms with Gasteiger partial charge in [-0.25, -0.2) is 17.5 Å². The number of aliphatic hydroxyl groups excluding tert-OH is 1. The monoisotopic (exact) mass is 276 g/mol. The largest absolute Gasteiger partial charge is 0.399 e. The molecule has 0 aromatic heterocycles. The Bertz CT molecular complexity index is 505. The van der Waals surface area contributed by atoms with Gasteiger partial charge in [-0.1, -0.05) is 0 Å². The fraction of sp³-hybridized carbons (Fsp3) is 0.455. The van der Waals surface area contributed by atoms with E-state index < -0.39 is 20.7 Å². The lowest BCUT2D eigenvalue weighted by atomic mass is 10.2. The summed E-state index contributed by atoms with van der Waals surface area (Å²) in [5.74, 6) is -0.842. The second kappa shape index (κ2) is 6.12. The quantitative estimate of drug-likeness (QED) is 0.671. The molecule has 0 aliphatic rings. The van der Waals surface area contributed by atoms with Gasteiger partial charge in [0.05, 0.1) is 0 Å². The molecule has 0 amide bonds. The van der Waals surface area contributed by atoms with Gasteiger partial charge in [0.2, 0.25) is 10.0 Å². The van der Waals surface area contributed by atoms with Crippen molar-refractivity contribution in [2.24, 2.45) is 0 Å². The third kappa shape index (κ3) is 3.94. The highest BCUT2D eigenvalue weighted by atomic mass is 32.2. The molecular formula is C11H17FN2O3S. The lowest BCUT2D eigenvalue weighted by Gasteiger charge is -2.14. The third-order valence-electron chi connectivity index (χ3n) is 2.40. The van der Waals surface area contributed by atoms with Crippen LogP contribution in [-0.2, 0) is 10.0 Å². The molecule has 0 aliphatic heterocycles. The van der Waals surface area contributed by atoms with Crippen LogP contribution in [0.25, 0.3) is 0 Å². The van der Waals surface area contributed by atoms with Gasteiger partial charge in [0, 0.05) is 18.3 Å². The molecular weight excluding hydrogens is 259 g/mol. The summed E-state index contributed by atoms with van der Waals surface area (Å²) in [7, 11) is -3.93. The predicted octanol–water partition coefficient (Wildman–Crippen LogP) is 0.847. The molecule has 7 heteroatoms. The highest BCUT2D eigenvalue weighted by Crippen LogP contribution is 2.18. The fourth-order valence-electron chi connectivity index (χ4n) is 1.51. The van der Waals surface area contributed by atoms with Crippen molar-refractivity contribution in [1.29, 1.82) is 0 Å². The molecule has 0 fully saturated rings.